The fourth-order valence-electron chi connectivity index (χ4n) is 4.06. The second-order valence-electron chi connectivity index (χ2n) is 8.28. The number of aryl methyl sites for hydroxylation is 1. The van der Waals surface area contributed by atoms with Gasteiger partial charge in [-0.05, 0) is 62.6 Å². The predicted octanol–water partition coefficient (Wildman–Crippen LogP) is 3.29. The van der Waals surface area contributed by atoms with Crippen LogP contribution in [0.4, 0.5) is 4.39 Å². The first-order chi connectivity index (χ1) is 14.9. The molecule has 0 bridgehead atoms. The van der Waals surface area contributed by atoms with E-state index in [9.17, 15) is 24.5 Å². The summed E-state index contributed by atoms with van der Waals surface area (Å²) in [4.78, 5) is 11.4. The summed E-state index contributed by atoms with van der Waals surface area (Å²) in [5.41, 5.74) is 0.959. The van der Waals surface area contributed by atoms with Crippen molar-refractivity contribution in [1.29, 1.82) is 0 Å². The van der Waals surface area contributed by atoms with Crippen molar-refractivity contribution < 1.29 is 24.5 Å². The van der Waals surface area contributed by atoms with E-state index in [4.69, 9.17) is 0 Å². The summed E-state index contributed by atoms with van der Waals surface area (Å²) in [5.74, 6) is -0.529. The minimum absolute atomic E-state index is 0.0634. The van der Waals surface area contributed by atoms with Gasteiger partial charge in [0.15, 0.2) is 0 Å². The van der Waals surface area contributed by atoms with Crippen LogP contribution in [0.2, 0.25) is 0 Å². The number of aliphatic hydroxyl groups excluding tert-OH is 3. The van der Waals surface area contributed by atoms with Crippen molar-refractivity contribution in [3.05, 3.63) is 60.0 Å². The van der Waals surface area contributed by atoms with Gasteiger partial charge < -0.3 is 20.6 Å². The van der Waals surface area contributed by atoms with Gasteiger partial charge in [-0.25, -0.2) is 4.39 Å². The maximum absolute atomic E-state index is 13.0. The van der Waals surface area contributed by atoms with Gasteiger partial charge in [0.05, 0.1) is 18.3 Å². The fourth-order valence-corrected chi connectivity index (χ4v) is 4.06. The fraction of sp³-hybridized carbons (Fsp3) is 0.560. The molecule has 0 heterocycles. The van der Waals surface area contributed by atoms with E-state index in [0.717, 1.165) is 18.4 Å². The summed E-state index contributed by atoms with van der Waals surface area (Å²) in [5, 5.41) is 33.7. The molecule has 5 unspecified atom stereocenters. The Morgan fingerprint density at radius 2 is 1.97 bits per heavy atom. The number of amides is 1. The normalized spacial score (nSPS) is 24.8. The summed E-state index contributed by atoms with van der Waals surface area (Å²) >= 11 is 0. The molecular weight excluding hydrogens is 397 g/mol. The molecule has 6 heteroatoms. The number of benzene rings is 1. The molecule has 1 aliphatic rings. The molecule has 1 aromatic rings. The molecule has 5 atom stereocenters. The van der Waals surface area contributed by atoms with Crippen LogP contribution in [0.5, 0.6) is 0 Å². The van der Waals surface area contributed by atoms with Gasteiger partial charge in [-0.15, -0.1) is 0 Å². The first-order valence-corrected chi connectivity index (χ1v) is 11.3. The molecule has 1 aliphatic carbocycles. The highest BCUT2D eigenvalue weighted by Crippen LogP contribution is 2.36. The monoisotopic (exact) mass is 433 g/mol. The zero-order valence-corrected chi connectivity index (χ0v) is 18.3. The third-order valence-corrected chi connectivity index (χ3v) is 5.84. The maximum Gasteiger partial charge on any atom is 0.219 e. The molecule has 31 heavy (non-hydrogen) atoms. The molecule has 0 spiro atoms. The number of halogens is 1. The van der Waals surface area contributed by atoms with E-state index in [2.05, 4.69) is 5.32 Å². The van der Waals surface area contributed by atoms with Crippen LogP contribution >= 0.6 is 0 Å². The van der Waals surface area contributed by atoms with Gasteiger partial charge in [0.2, 0.25) is 5.91 Å². The van der Waals surface area contributed by atoms with Gasteiger partial charge in [-0.2, -0.15) is 0 Å². The number of hydrogen-bond donors (Lipinski definition) is 4. The van der Waals surface area contributed by atoms with E-state index in [1.807, 2.05) is 25.2 Å². The highest BCUT2D eigenvalue weighted by atomic mass is 19.1. The average molecular weight is 434 g/mol. The van der Waals surface area contributed by atoms with Crippen molar-refractivity contribution in [2.75, 3.05) is 6.54 Å². The Kier molecular flexibility index (Phi) is 10.9. The van der Waals surface area contributed by atoms with Crippen LogP contribution in [0, 0.1) is 17.7 Å². The summed E-state index contributed by atoms with van der Waals surface area (Å²) in [6.07, 6.45) is 9.85. The molecule has 0 aromatic heterocycles. The van der Waals surface area contributed by atoms with Crippen LogP contribution in [0.15, 0.2) is 48.6 Å². The Morgan fingerprint density at radius 1 is 1.23 bits per heavy atom. The molecular formula is C25H36FNO4. The van der Waals surface area contributed by atoms with Crippen LogP contribution in [0.3, 0.4) is 0 Å². The minimum atomic E-state index is -0.666. The lowest BCUT2D eigenvalue weighted by Crippen LogP contribution is -2.21. The Bertz CT molecular complexity index is 719. The van der Waals surface area contributed by atoms with Crippen LogP contribution in [0.1, 0.15) is 51.0 Å². The van der Waals surface area contributed by atoms with Crippen molar-refractivity contribution in [2.45, 2.75) is 70.2 Å². The molecule has 1 amide bonds. The Labute approximate surface area is 184 Å². The molecule has 172 valence electrons. The second-order valence-corrected chi connectivity index (χ2v) is 8.28. The lowest BCUT2D eigenvalue weighted by Gasteiger charge is -2.19. The topological polar surface area (TPSA) is 89.8 Å². The van der Waals surface area contributed by atoms with Crippen molar-refractivity contribution >= 4 is 5.91 Å². The van der Waals surface area contributed by atoms with Crippen LogP contribution in [-0.2, 0) is 11.2 Å². The van der Waals surface area contributed by atoms with E-state index in [-0.39, 0.29) is 23.6 Å². The molecule has 0 aliphatic heterocycles. The van der Waals surface area contributed by atoms with Gasteiger partial charge in [0.25, 0.3) is 0 Å². The second kappa shape index (κ2) is 13.4. The summed E-state index contributed by atoms with van der Waals surface area (Å²) in [6, 6.07) is 6.24. The smallest absolute Gasteiger partial charge is 0.219 e. The van der Waals surface area contributed by atoms with Crippen LogP contribution in [0.25, 0.3) is 0 Å². The van der Waals surface area contributed by atoms with Crippen molar-refractivity contribution in [3.8, 4) is 0 Å². The van der Waals surface area contributed by atoms with Gasteiger partial charge in [0, 0.05) is 25.3 Å². The zero-order chi connectivity index (χ0) is 22.6. The first-order valence-electron chi connectivity index (χ1n) is 11.3. The predicted molar refractivity (Wildman–Crippen MR) is 120 cm³/mol. The molecule has 2 rings (SSSR count). The minimum Gasteiger partial charge on any atom is -0.393 e. The largest absolute Gasteiger partial charge is 0.393 e. The Hall–Kier alpha value is -2.02. The van der Waals surface area contributed by atoms with Crippen molar-refractivity contribution in [2.24, 2.45) is 11.8 Å². The van der Waals surface area contributed by atoms with E-state index in [0.29, 0.717) is 38.6 Å². The zero-order valence-electron chi connectivity index (χ0n) is 18.3. The van der Waals surface area contributed by atoms with Crippen molar-refractivity contribution in [3.63, 3.8) is 0 Å². The molecule has 4 N–H and O–H groups in total. The SMILES string of the molecule is CCNC(=O)CCCC=CCC1C(O)CC(O)C1C=CC(O)CCc1ccc(F)cc1. The lowest BCUT2D eigenvalue weighted by molar-refractivity contribution is -0.121. The third kappa shape index (κ3) is 8.93. The molecule has 5 nitrogen and oxygen atoms in total. The molecule has 0 saturated heterocycles. The highest BCUT2D eigenvalue weighted by Gasteiger charge is 2.39. The first kappa shape index (κ1) is 25.2. The Balaban J connectivity index is 1.78. The number of nitrogens with one attached hydrogen (secondary N) is 1. The highest BCUT2D eigenvalue weighted by molar-refractivity contribution is 5.75. The Morgan fingerprint density at radius 3 is 2.68 bits per heavy atom. The van der Waals surface area contributed by atoms with Crippen LogP contribution < -0.4 is 5.32 Å². The van der Waals surface area contributed by atoms with Crippen LogP contribution in [-0.4, -0.2) is 46.1 Å². The molecule has 1 saturated carbocycles. The number of hydrogen-bond acceptors (Lipinski definition) is 4. The van der Waals surface area contributed by atoms with E-state index >= 15 is 0 Å². The van der Waals surface area contributed by atoms with Crippen molar-refractivity contribution in [1.82, 2.24) is 5.32 Å². The third-order valence-electron chi connectivity index (χ3n) is 5.84. The maximum atomic E-state index is 13.0. The number of allylic oxidation sites excluding steroid dienone is 2. The standard InChI is InChI=1S/C25H36FNO4/c1-2-27-25(31)8-6-4-3-5-7-21-22(24(30)17-23(21)29)16-15-20(28)14-11-18-9-12-19(26)13-10-18/h3,5,9-10,12-13,15-16,20-24,28-30H,2,4,6-8,11,14,17H2,1H3,(H,27,31). The number of carbonyl (C=O) groups excluding carboxylic acids is 1. The van der Waals surface area contributed by atoms with Gasteiger partial charge in [-0.3, -0.25) is 4.79 Å². The molecule has 1 fully saturated rings. The number of carbonyl (C=O) groups is 1. The van der Waals surface area contributed by atoms with Gasteiger partial charge in [0.1, 0.15) is 5.82 Å². The summed E-state index contributed by atoms with van der Waals surface area (Å²) in [6.45, 7) is 2.54. The number of unbranched alkanes of at least 4 members (excludes halogenated alkanes) is 1. The number of aliphatic hydroxyl groups is 3. The van der Waals surface area contributed by atoms with Gasteiger partial charge in [-0.1, -0.05) is 36.4 Å². The summed E-state index contributed by atoms with van der Waals surface area (Å²) in [7, 11) is 0. The van der Waals surface area contributed by atoms with E-state index in [1.165, 1.54) is 12.1 Å². The average Bonchev–Trinajstić information content (AvgIpc) is 3.01. The van der Waals surface area contributed by atoms with E-state index in [1.54, 1.807) is 18.2 Å². The molecule has 0 radical (unpaired) electrons. The lowest BCUT2D eigenvalue weighted by atomic mass is 9.89. The molecule has 1 aromatic carbocycles. The number of rotatable bonds is 12. The van der Waals surface area contributed by atoms with E-state index < -0.39 is 18.3 Å². The summed E-state index contributed by atoms with van der Waals surface area (Å²) < 4.78 is 13.0. The quantitative estimate of drug-likeness (QED) is 0.301. The van der Waals surface area contributed by atoms with Gasteiger partial charge >= 0.3 is 0 Å².